The summed E-state index contributed by atoms with van der Waals surface area (Å²) in [6.07, 6.45) is 0. The Bertz CT molecular complexity index is 3780. The van der Waals surface area contributed by atoms with Crippen LogP contribution in [0.4, 0.5) is 51.2 Å². The van der Waals surface area contributed by atoms with Crippen LogP contribution < -0.4 is 31.1 Å². The summed E-state index contributed by atoms with van der Waals surface area (Å²) >= 11 is 1.89. The number of anilines is 9. The standard InChI is InChI=1S/C62H50BN3OS/c1-61(2,3)39-23-27-42(28-24-39)65-52-19-14-20-53-60(52)63(51-37-49-47-18-11-13-22-58(47)68-59(49)38-55(51)66(53)43-29-25-40(26-30-43)62(4,5)6)50-33-31-45(36-54(50)65)64(41-15-8-7-9-16-41)44-32-34-57-48(35-44)46-17-10-12-21-56(46)67-57/h7-38H,1-6H3. The highest BCUT2D eigenvalue weighted by Crippen LogP contribution is 2.48. The third-order valence-electron chi connectivity index (χ3n) is 14.3. The fourth-order valence-electron chi connectivity index (χ4n) is 10.9. The summed E-state index contributed by atoms with van der Waals surface area (Å²) in [5.74, 6) is 0. The lowest BCUT2D eigenvalue weighted by Crippen LogP contribution is -2.61. The molecule has 328 valence electrons. The molecule has 2 aromatic heterocycles. The second-order valence-electron chi connectivity index (χ2n) is 20.6. The maximum absolute atomic E-state index is 6.34. The van der Waals surface area contributed by atoms with Crippen LogP contribution in [0.1, 0.15) is 52.7 Å². The van der Waals surface area contributed by atoms with Gasteiger partial charge in [0, 0.05) is 76.7 Å². The molecule has 0 amide bonds. The second-order valence-corrected chi connectivity index (χ2v) is 21.7. The van der Waals surface area contributed by atoms with Crippen LogP contribution in [-0.2, 0) is 10.8 Å². The van der Waals surface area contributed by atoms with Gasteiger partial charge in [-0.2, -0.15) is 0 Å². The van der Waals surface area contributed by atoms with Crippen LogP contribution in [0.25, 0.3) is 42.1 Å². The van der Waals surface area contributed by atoms with Crippen LogP contribution >= 0.6 is 11.3 Å². The van der Waals surface area contributed by atoms with Crippen LogP contribution in [0.5, 0.6) is 0 Å². The fourth-order valence-corrected chi connectivity index (χ4v) is 12.1. The van der Waals surface area contributed by atoms with Crippen LogP contribution in [0.2, 0.25) is 0 Å². The molecule has 0 saturated heterocycles. The highest BCUT2D eigenvalue weighted by Gasteiger charge is 2.44. The van der Waals surface area contributed by atoms with E-state index in [2.05, 4.69) is 244 Å². The summed E-state index contributed by atoms with van der Waals surface area (Å²) in [6, 6.07) is 72.3. The zero-order valence-electron chi connectivity index (χ0n) is 39.2. The summed E-state index contributed by atoms with van der Waals surface area (Å²) in [6.45, 7) is 13.7. The van der Waals surface area contributed by atoms with Crippen molar-refractivity contribution in [3.8, 4) is 0 Å². The maximum Gasteiger partial charge on any atom is 0.252 e. The Morgan fingerprint density at radius 3 is 1.66 bits per heavy atom. The first kappa shape index (κ1) is 40.7. The van der Waals surface area contributed by atoms with E-state index in [-0.39, 0.29) is 17.5 Å². The third kappa shape index (κ3) is 6.34. The first-order valence-electron chi connectivity index (χ1n) is 23.8. The van der Waals surface area contributed by atoms with Crippen molar-refractivity contribution in [2.45, 2.75) is 52.4 Å². The van der Waals surface area contributed by atoms with Crippen molar-refractivity contribution in [2.24, 2.45) is 0 Å². The summed E-state index contributed by atoms with van der Waals surface area (Å²) in [5, 5.41) is 4.83. The molecule has 9 aromatic carbocycles. The Balaban J connectivity index is 1.08. The number of nitrogens with zero attached hydrogens (tertiary/aromatic N) is 3. The molecule has 2 aliphatic rings. The molecule has 0 N–H and O–H groups in total. The van der Waals surface area contributed by atoms with E-state index in [4.69, 9.17) is 4.42 Å². The molecule has 4 heterocycles. The molecule has 68 heavy (non-hydrogen) atoms. The molecule has 0 radical (unpaired) electrons. The number of rotatable bonds is 5. The molecule has 0 unspecified atom stereocenters. The number of hydrogen-bond acceptors (Lipinski definition) is 5. The number of benzene rings is 9. The predicted octanol–water partition coefficient (Wildman–Crippen LogP) is 16.1. The third-order valence-corrected chi connectivity index (χ3v) is 15.5. The van der Waals surface area contributed by atoms with E-state index >= 15 is 0 Å². The summed E-state index contributed by atoms with van der Waals surface area (Å²) < 4.78 is 8.95. The van der Waals surface area contributed by atoms with Crippen LogP contribution in [0.3, 0.4) is 0 Å². The molecule has 0 spiro atoms. The summed E-state index contributed by atoms with van der Waals surface area (Å²) in [5.41, 5.74) is 18.7. The van der Waals surface area contributed by atoms with E-state index in [1.165, 1.54) is 70.4 Å². The predicted molar refractivity (Wildman–Crippen MR) is 293 cm³/mol. The lowest BCUT2D eigenvalue weighted by molar-refractivity contribution is 0.590. The molecule has 6 heteroatoms. The van der Waals surface area contributed by atoms with Gasteiger partial charge >= 0.3 is 0 Å². The summed E-state index contributed by atoms with van der Waals surface area (Å²) in [7, 11) is 0. The highest BCUT2D eigenvalue weighted by molar-refractivity contribution is 7.26. The van der Waals surface area contributed by atoms with Crippen molar-refractivity contribution in [3.05, 3.63) is 205 Å². The van der Waals surface area contributed by atoms with Crippen molar-refractivity contribution >= 4 is 128 Å². The van der Waals surface area contributed by atoms with Crippen molar-refractivity contribution in [3.63, 3.8) is 0 Å². The largest absolute Gasteiger partial charge is 0.456 e. The van der Waals surface area contributed by atoms with E-state index in [1.54, 1.807) is 0 Å². The minimum atomic E-state index is -0.0303. The first-order chi connectivity index (χ1) is 33.0. The molecule has 0 aliphatic carbocycles. The van der Waals surface area contributed by atoms with E-state index in [1.807, 2.05) is 17.4 Å². The van der Waals surface area contributed by atoms with Gasteiger partial charge in [0.1, 0.15) is 11.2 Å². The van der Waals surface area contributed by atoms with Gasteiger partial charge in [0.15, 0.2) is 0 Å². The Morgan fingerprint density at radius 1 is 0.412 bits per heavy atom. The highest BCUT2D eigenvalue weighted by atomic mass is 32.1. The summed E-state index contributed by atoms with van der Waals surface area (Å²) in [4.78, 5) is 7.46. The van der Waals surface area contributed by atoms with Crippen LogP contribution in [-0.4, -0.2) is 6.71 Å². The molecular weight excluding hydrogens is 846 g/mol. The molecule has 4 nitrogen and oxygen atoms in total. The minimum absolute atomic E-state index is 0.0179. The van der Waals surface area contributed by atoms with Crippen LogP contribution in [0.15, 0.2) is 199 Å². The van der Waals surface area contributed by atoms with Gasteiger partial charge in [0.05, 0.1) is 0 Å². The van der Waals surface area contributed by atoms with E-state index in [0.29, 0.717) is 0 Å². The number of para-hydroxylation sites is 2. The van der Waals surface area contributed by atoms with E-state index in [0.717, 1.165) is 50.4 Å². The molecule has 13 rings (SSSR count). The molecule has 0 fully saturated rings. The lowest BCUT2D eigenvalue weighted by atomic mass is 9.33. The van der Waals surface area contributed by atoms with Gasteiger partial charge in [-0.15, -0.1) is 11.3 Å². The van der Waals surface area contributed by atoms with Gasteiger partial charge in [-0.1, -0.05) is 139 Å². The van der Waals surface area contributed by atoms with Crippen molar-refractivity contribution < 1.29 is 4.42 Å². The van der Waals surface area contributed by atoms with E-state index < -0.39 is 0 Å². The zero-order chi connectivity index (χ0) is 46.1. The molecule has 2 aliphatic heterocycles. The van der Waals surface area contributed by atoms with Crippen molar-refractivity contribution in [1.29, 1.82) is 0 Å². The Hall–Kier alpha value is -7.54. The SMILES string of the molecule is CC(C)(C)c1ccc(N2c3cc(N(c4ccccc4)c4ccc5oc6ccccc6c5c4)ccc3B3c4cc5c(cc4N(c4ccc(C(C)(C)C)cc4)c4cccc2c43)sc2ccccc25)cc1. The number of furan rings is 1. The van der Waals surface area contributed by atoms with Gasteiger partial charge in [0.25, 0.3) is 6.71 Å². The van der Waals surface area contributed by atoms with Crippen molar-refractivity contribution in [2.75, 3.05) is 14.7 Å². The maximum atomic E-state index is 6.34. The van der Waals surface area contributed by atoms with Gasteiger partial charge in [-0.3, -0.25) is 0 Å². The number of hydrogen-bond donors (Lipinski definition) is 0. The molecule has 0 saturated carbocycles. The Kier molecular flexibility index (Phi) is 8.97. The molecular formula is C62H50BN3OS. The van der Waals surface area contributed by atoms with Crippen molar-refractivity contribution in [1.82, 2.24) is 0 Å². The minimum Gasteiger partial charge on any atom is -0.456 e. The first-order valence-corrected chi connectivity index (χ1v) is 24.6. The van der Waals surface area contributed by atoms with Gasteiger partial charge < -0.3 is 19.1 Å². The number of fused-ring (bicyclic) bond motifs is 10. The van der Waals surface area contributed by atoms with E-state index in [9.17, 15) is 0 Å². The lowest BCUT2D eigenvalue weighted by Gasteiger charge is -2.44. The molecule has 11 aromatic rings. The smallest absolute Gasteiger partial charge is 0.252 e. The quantitative estimate of drug-likeness (QED) is 0.161. The Labute approximate surface area is 402 Å². The van der Waals surface area contributed by atoms with Gasteiger partial charge in [-0.05, 0) is 141 Å². The molecule has 0 atom stereocenters. The normalized spacial score (nSPS) is 13.4. The van der Waals surface area contributed by atoms with Crippen LogP contribution in [0, 0.1) is 0 Å². The topological polar surface area (TPSA) is 22.9 Å². The average molecular weight is 896 g/mol. The monoisotopic (exact) mass is 895 g/mol. The van der Waals surface area contributed by atoms with Gasteiger partial charge in [-0.25, -0.2) is 0 Å². The Morgan fingerprint density at radius 2 is 0.985 bits per heavy atom. The average Bonchev–Trinajstić information content (AvgIpc) is 3.91. The fraction of sp³-hybridized carbons (Fsp3) is 0.129. The second kappa shape index (κ2) is 15.0. The molecule has 0 bridgehead atoms. The van der Waals surface area contributed by atoms with Gasteiger partial charge in [0.2, 0.25) is 0 Å². The number of thiophene rings is 1. The zero-order valence-corrected chi connectivity index (χ0v) is 40.0.